The molecule has 0 spiro atoms. The van der Waals surface area contributed by atoms with Crippen LogP contribution < -0.4 is 19.9 Å². The molecule has 1 aromatic carbocycles. The highest BCUT2D eigenvalue weighted by molar-refractivity contribution is 5.74. The first-order valence-corrected chi connectivity index (χ1v) is 5.57. The normalized spacial score (nSPS) is 15.0. The Kier molecular flexibility index (Phi) is 3.57. The fraction of sp³-hybridized carbons (Fsp3) is 0.417. The molecule has 0 saturated heterocycles. The second-order valence-corrected chi connectivity index (χ2v) is 3.93. The minimum Gasteiger partial charge on any atom is -0.492 e. The first kappa shape index (κ1) is 12.5. The van der Waals surface area contributed by atoms with E-state index >= 15 is 0 Å². The Hall–Kier alpha value is -1.95. The fourth-order valence-corrected chi connectivity index (χ4v) is 1.84. The summed E-state index contributed by atoms with van der Waals surface area (Å²) in [5.41, 5.74) is 6.21. The number of fused-ring (bicyclic) bond motifs is 1. The van der Waals surface area contributed by atoms with E-state index in [-0.39, 0.29) is 6.42 Å². The van der Waals surface area contributed by atoms with Crippen molar-refractivity contribution in [1.82, 2.24) is 0 Å². The minimum atomic E-state index is -1.05. The second kappa shape index (κ2) is 5.14. The zero-order chi connectivity index (χ0) is 13.1. The van der Waals surface area contributed by atoms with Crippen LogP contribution in [0.4, 0.5) is 0 Å². The summed E-state index contributed by atoms with van der Waals surface area (Å²) in [4.78, 5) is 10.8. The third-order valence-electron chi connectivity index (χ3n) is 2.71. The van der Waals surface area contributed by atoms with Crippen molar-refractivity contribution >= 4 is 5.97 Å². The number of nitrogens with two attached hydrogens (primary N) is 1. The van der Waals surface area contributed by atoms with Gasteiger partial charge in [0.15, 0.2) is 11.5 Å². The molecule has 1 aromatic rings. The second-order valence-electron chi connectivity index (χ2n) is 3.93. The van der Waals surface area contributed by atoms with Crippen LogP contribution in [-0.2, 0) is 11.2 Å². The quantitative estimate of drug-likeness (QED) is 0.808. The molecule has 2 rings (SSSR count). The monoisotopic (exact) mass is 253 g/mol. The third-order valence-corrected chi connectivity index (χ3v) is 2.71. The van der Waals surface area contributed by atoms with E-state index in [1.807, 2.05) is 0 Å². The van der Waals surface area contributed by atoms with Gasteiger partial charge in [-0.3, -0.25) is 4.79 Å². The molecule has 6 nitrogen and oxygen atoms in total. The highest BCUT2D eigenvalue weighted by Gasteiger charge is 2.22. The molecule has 1 unspecified atom stereocenters. The molecule has 0 radical (unpaired) electrons. The zero-order valence-electron chi connectivity index (χ0n) is 10.0. The maximum Gasteiger partial charge on any atom is 0.320 e. The van der Waals surface area contributed by atoms with E-state index in [1.54, 1.807) is 12.1 Å². The van der Waals surface area contributed by atoms with Gasteiger partial charge in [-0.15, -0.1) is 0 Å². The number of ether oxygens (including phenoxy) is 3. The summed E-state index contributed by atoms with van der Waals surface area (Å²) in [6, 6.07) is 2.51. The SMILES string of the molecule is COc1c(CC(N)C(=O)O)ccc2c1OCCO2. The number of hydrogen-bond donors (Lipinski definition) is 2. The van der Waals surface area contributed by atoms with Crippen LogP contribution in [0.3, 0.4) is 0 Å². The van der Waals surface area contributed by atoms with Gasteiger partial charge >= 0.3 is 5.97 Å². The molecule has 6 heteroatoms. The van der Waals surface area contributed by atoms with Crippen molar-refractivity contribution in [2.75, 3.05) is 20.3 Å². The van der Waals surface area contributed by atoms with E-state index in [1.165, 1.54) is 7.11 Å². The summed E-state index contributed by atoms with van der Waals surface area (Å²) >= 11 is 0. The lowest BCUT2D eigenvalue weighted by Gasteiger charge is -2.22. The van der Waals surface area contributed by atoms with Gasteiger partial charge in [-0.05, 0) is 6.07 Å². The van der Waals surface area contributed by atoms with Gasteiger partial charge in [0.2, 0.25) is 5.75 Å². The predicted molar refractivity (Wildman–Crippen MR) is 63.3 cm³/mol. The molecule has 0 saturated carbocycles. The molecule has 1 atom stereocenters. The fourth-order valence-electron chi connectivity index (χ4n) is 1.84. The summed E-state index contributed by atoms with van der Waals surface area (Å²) < 4.78 is 16.2. The topological polar surface area (TPSA) is 91.0 Å². The van der Waals surface area contributed by atoms with Gasteiger partial charge < -0.3 is 25.1 Å². The number of hydrogen-bond acceptors (Lipinski definition) is 5. The van der Waals surface area contributed by atoms with E-state index in [0.717, 1.165) is 0 Å². The van der Waals surface area contributed by atoms with Crippen LogP contribution in [0.5, 0.6) is 17.2 Å². The Morgan fingerprint density at radius 1 is 1.50 bits per heavy atom. The van der Waals surface area contributed by atoms with Crippen molar-refractivity contribution in [2.45, 2.75) is 12.5 Å². The Morgan fingerprint density at radius 2 is 2.22 bits per heavy atom. The van der Waals surface area contributed by atoms with Gasteiger partial charge in [-0.2, -0.15) is 0 Å². The van der Waals surface area contributed by atoms with E-state index in [0.29, 0.717) is 36.0 Å². The number of carbonyl (C=O) groups is 1. The summed E-state index contributed by atoms with van der Waals surface area (Å²) in [5, 5.41) is 8.82. The molecule has 1 aliphatic heterocycles. The van der Waals surface area contributed by atoms with Crippen molar-refractivity contribution < 1.29 is 24.1 Å². The van der Waals surface area contributed by atoms with Crippen molar-refractivity contribution in [3.05, 3.63) is 17.7 Å². The smallest absolute Gasteiger partial charge is 0.320 e. The largest absolute Gasteiger partial charge is 0.492 e. The summed E-state index contributed by atoms with van der Waals surface area (Å²) in [6.45, 7) is 0.932. The van der Waals surface area contributed by atoms with E-state index in [9.17, 15) is 4.79 Å². The lowest BCUT2D eigenvalue weighted by atomic mass is 10.0. The average Bonchev–Trinajstić information content (AvgIpc) is 2.38. The standard InChI is InChI=1S/C12H15NO5/c1-16-10-7(6-8(13)12(14)15)2-3-9-11(10)18-5-4-17-9/h2-3,8H,4-6,13H2,1H3,(H,14,15). The van der Waals surface area contributed by atoms with Gasteiger partial charge in [0.1, 0.15) is 19.3 Å². The first-order valence-electron chi connectivity index (χ1n) is 5.57. The molecule has 1 aliphatic rings. The molecule has 1 heterocycles. The number of benzene rings is 1. The molecule has 3 N–H and O–H groups in total. The van der Waals surface area contributed by atoms with E-state index in [4.69, 9.17) is 25.1 Å². The van der Waals surface area contributed by atoms with E-state index in [2.05, 4.69) is 0 Å². The number of carboxylic acids is 1. The Morgan fingerprint density at radius 3 is 2.89 bits per heavy atom. The van der Waals surface area contributed by atoms with E-state index < -0.39 is 12.0 Å². The average molecular weight is 253 g/mol. The number of carboxylic acid groups (broad SMARTS) is 1. The van der Waals surface area contributed by atoms with Crippen LogP contribution in [0, 0.1) is 0 Å². The highest BCUT2D eigenvalue weighted by Crippen LogP contribution is 2.41. The Balaban J connectivity index is 2.33. The van der Waals surface area contributed by atoms with Crippen molar-refractivity contribution in [3.8, 4) is 17.2 Å². The molecule has 18 heavy (non-hydrogen) atoms. The zero-order valence-corrected chi connectivity index (χ0v) is 10.0. The van der Waals surface area contributed by atoms with Gasteiger partial charge in [-0.1, -0.05) is 6.07 Å². The van der Waals surface area contributed by atoms with Crippen LogP contribution in [0.25, 0.3) is 0 Å². The predicted octanol–water partition coefficient (Wildman–Crippen LogP) is 0.421. The summed E-state index contributed by atoms with van der Waals surface area (Å²) in [7, 11) is 1.50. The molecular weight excluding hydrogens is 238 g/mol. The van der Waals surface area contributed by atoms with Gasteiger partial charge in [0, 0.05) is 12.0 Å². The van der Waals surface area contributed by atoms with Gasteiger partial charge in [0.25, 0.3) is 0 Å². The minimum absolute atomic E-state index is 0.176. The molecule has 98 valence electrons. The van der Waals surface area contributed by atoms with Crippen LogP contribution in [0.2, 0.25) is 0 Å². The van der Waals surface area contributed by atoms with Crippen molar-refractivity contribution in [3.63, 3.8) is 0 Å². The lowest BCUT2D eigenvalue weighted by molar-refractivity contribution is -0.138. The van der Waals surface area contributed by atoms with Gasteiger partial charge in [0.05, 0.1) is 7.11 Å². The molecule has 0 bridgehead atoms. The van der Waals surface area contributed by atoms with Crippen LogP contribution in [0.1, 0.15) is 5.56 Å². The number of aliphatic carboxylic acids is 1. The maximum atomic E-state index is 10.8. The van der Waals surface area contributed by atoms with Crippen molar-refractivity contribution in [2.24, 2.45) is 5.73 Å². The van der Waals surface area contributed by atoms with Crippen LogP contribution in [-0.4, -0.2) is 37.4 Å². The molecule has 0 amide bonds. The third kappa shape index (κ3) is 2.33. The molecule has 0 aliphatic carbocycles. The summed E-state index contributed by atoms with van der Waals surface area (Å²) in [6.07, 6.45) is 0.176. The van der Waals surface area contributed by atoms with Gasteiger partial charge in [-0.25, -0.2) is 0 Å². The molecular formula is C12H15NO5. The molecule has 0 aromatic heterocycles. The summed E-state index contributed by atoms with van der Waals surface area (Å²) in [5.74, 6) is 0.556. The van der Waals surface area contributed by atoms with Crippen LogP contribution in [0.15, 0.2) is 12.1 Å². The first-order chi connectivity index (χ1) is 8.63. The Labute approximate surface area is 104 Å². The lowest BCUT2D eigenvalue weighted by Crippen LogP contribution is -2.32. The molecule has 0 fully saturated rings. The number of methoxy groups -OCH3 is 1. The van der Waals surface area contributed by atoms with Crippen LogP contribution >= 0.6 is 0 Å². The number of rotatable bonds is 4. The Bertz CT molecular complexity index is 460. The maximum absolute atomic E-state index is 10.8. The highest BCUT2D eigenvalue weighted by atomic mass is 16.6. The van der Waals surface area contributed by atoms with Crippen molar-refractivity contribution in [1.29, 1.82) is 0 Å².